The van der Waals surface area contributed by atoms with Crippen molar-refractivity contribution >= 4 is 21.6 Å². The maximum atomic E-state index is 3.65. The van der Waals surface area contributed by atoms with Crippen LogP contribution < -0.4 is 5.32 Å². The van der Waals surface area contributed by atoms with E-state index >= 15 is 0 Å². The lowest BCUT2D eigenvalue weighted by molar-refractivity contribution is 0.705. The summed E-state index contributed by atoms with van der Waals surface area (Å²) in [5, 5.41) is 3.56. The van der Waals surface area contributed by atoms with Crippen LogP contribution in [0.3, 0.4) is 0 Å². The van der Waals surface area contributed by atoms with Crippen LogP contribution in [-0.4, -0.2) is 6.54 Å². The van der Waals surface area contributed by atoms with E-state index < -0.39 is 0 Å². The van der Waals surface area contributed by atoms with Crippen molar-refractivity contribution < 1.29 is 0 Å². The normalized spacial score (nSPS) is 12.2. The maximum absolute atomic E-state index is 3.65. The van der Waals surface area contributed by atoms with Crippen LogP contribution >= 0.6 is 15.9 Å². The zero-order chi connectivity index (χ0) is 14.5. The second-order valence-electron chi connectivity index (χ2n) is 5.47. The Bertz CT molecular complexity index is 540. The summed E-state index contributed by atoms with van der Waals surface area (Å²) in [5.41, 5.74) is 5.21. The van der Waals surface area contributed by atoms with Crippen molar-refractivity contribution in [2.75, 3.05) is 11.9 Å². The first-order chi connectivity index (χ1) is 9.58. The second-order valence-corrected chi connectivity index (χ2v) is 6.32. The number of aryl methyl sites for hydroxylation is 2. The lowest BCUT2D eigenvalue weighted by Crippen LogP contribution is -2.07. The van der Waals surface area contributed by atoms with Gasteiger partial charge in [0.25, 0.3) is 0 Å². The van der Waals surface area contributed by atoms with Crippen molar-refractivity contribution in [3.63, 3.8) is 0 Å². The highest BCUT2D eigenvalue weighted by molar-refractivity contribution is 9.10. The monoisotopic (exact) mass is 331 g/mol. The lowest BCUT2D eigenvalue weighted by atomic mass is 9.98. The fourth-order valence-corrected chi connectivity index (χ4v) is 3.32. The Kier molecular flexibility index (Phi) is 5.24. The number of nitrogens with one attached hydrogen (secondary N) is 1. The lowest BCUT2D eigenvalue weighted by Gasteiger charge is -2.16. The predicted molar refractivity (Wildman–Crippen MR) is 91.6 cm³/mol. The molecule has 0 aromatic heterocycles. The van der Waals surface area contributed by atoms with E-state index in [0.717, 1.165) is 17.4 Å². The van der Waals surface area contributed by atoms with Gasteiger partial charge in [-0.05, 0) is 64.9 Å². The molecule has 1 unspecified atom stereocenters. The summed E-state index contributed by atoms with van der Waals surface area (Å²) in [4.78, 5) is 0. The fraction of sp³-hybridized carbons (Fsp3) is 0.333. The molecule has 0 aliphatic carbocycles. The van der Waals surface area contributed by atoms with Crippen LogP contribution in [-0.2, 0) is 0 Å². The van der Waals surface area contributed by atoms with Crippen LogP contribution in [0.25, 0.3) is 0 Å². The van der Waals surface area contributed by atoms with E-state index in [1.807, 2.05) is 0 Å². The van der Waals surface area contributed by atoms with Crippen molar-refractivity contribution in [2.24, 2.45) is 0 Å². The molecule has 2 heteroatoms. The molecule has 0 aliphatic rings. The number of hydrogen-bond donors (Lipinski definition) is 1. The van der Waals surface area contributed by atoms with E-state index in [-0.39, 0.29) is 0 Å². The summed E-state index contributed by atoms with van der Waals surface area (Å²) in [6, 6.07) is 15.1. The van der Waals surface area contributed by atoms with Gasteiger partial charge >= 0.3 is 0 Å². The summed E-state index contributed by atoms with van der Waals surface area (Å²) in [6.07, 6.45) is 1.13. The third-order valence-electron chi connectivity index (χ3n) is 3.68. The zero-order valence-corrected chi connectivity index (χ0v) is 14.0. The molecule has 2 aromatic rings. The smallest absolute Gasteiger partial charge is 0.0514 e. The average molecular weight is 332 g/mol. The van der Waals surface area contributed by atoms with Crippen LogP contribution in [0.1, 0.15) is 36.0 Å². The summed E-state index contributed by atoms with van der Waals surface area (Å²) in [6.45, 7) is 7.55. The van der Waals surface area contributed by atoms with Crippen molar-refractivity contribution in [1.82, 2.24) is 0 Å². The molecule has 0 radical (unpaired) electrons. The predicted octanol–water partition coefficient (Wildman–Crippen LogP) is 5.67. The molecule has 1 nitrogen and oxygen atoms in total. The molecule has 1 atom stereocenters. The highest BCUT2D eigenvalue weighted by atomic mass is 79.9. The highest BCUT2D eigenvalue weighted by Crippen LogP contribution is 2.28. The summed E-state index contributed by atoms with van der Waals surface area (Å²) in [5.74, 6) is 0.577. The molecule has 0 saturated carbocycles. The van der Waals surface area contributed by atoms with Gasteiger partial charge in [0.2, 0.25) is 0 Å². The van der Waals surface area contributed by atoms with E-state index in [2.05, 4.69) is 84.5 Å². The molecule has 0 heterocycles. The molecule has 0 amide bonds. The molecule has 20 heavy (non-hydrogen) atoms. The molecule has 0 bridgehead atoms. The zero-order valence-electron chi connectivity index (χ0n) is 12.4. The van der Waals surface area contributed by atoms with Crippen molar-refractivity contribution in [2.45, 2.75) is 33.1 Å². The van der Waals surface area contributed by atoms with Gasteiger partial charge in [0, 0.05) is 11.0 Å². The third kappa shape index (κ3) is 3.86. The van der Waals surface area contributed by atoms with Crippen LogP contribution in [0.5, 0.6) is 0 Å². The molecule has 1 N–H and O–H groups in total. The van der Waals surface area contributed by atoms with E-state index in [1.165, 1.54) is 22.4 Å². The average Bonchev–Trinajstić information content (AvgIpc) is 2.42. The minimum atomic E-state index is 0.577. The number of hydrogen-bond acceptors (Lipinski definition) is 1. The van der Waals surface area contributed by atoms with Gasteiger partial charge in [-0.1, -0.05) is 43.3 Å². The molecule has 0 fully saturated rings. The van der Waals surface area contributed by atoms with Crippen molar-refractivity contribution in [3.8, 4) is 0 Å². The van der Waals surface area contributed by atoms with Crippen molar-refractivity contribution in [3.05, 3.63) is 63.6 Å². The topological polar surface area (TPSA) is 12.0 Å². The molecular weight excluding hydrogens is 310 g/mol. The quantitative estimate of drug-likeness (QED) is 0.744. The standard InChI is InChI=1S/C18H22BrN/c1-13-11-15(3)18(17(19)12-13)20-10-9-14(2)16-7-5-4-6-8-16/h4-8,11-12,14,20H,9-10H2,1-3H3. The largest absolute Gasteiger partial charge is 0.384 e. The van der Waals surface area contributed by atoms with Crippen LogP contribution in [0.4, 0.5) is 5.69 Å². The highest BCUT2D eigenvalue weighted by Gasteiger charge is 2.07. The number of rotatable bonds is 5. The fourth-order valence-electron chi connectivity index (χ4n) is 2.50. The molecular formula is C18H22BrN. The Morgan fingerprint density at radius 2 is 1.80 bits per heavy atom. The van der Waals surface area contributed by atoms with Gasteiger partial charge in [0.15, 0.2) is 0 Å². The number of anilines is 1. The first-order valence-electron chi connectivity index (χ1n) is 7.13. The van der Waals surface area contributed by atoms with Gasteiger partial charge in [-0.25, -0.2) is 0 Å². The SMILES string of the molecule is Cc1cc(C)c(NCCC(C)c2ccccc2)c(Br)c1. The third-order valence-corrected chi connectivity index (χ3v) is 4.30. The second kappa shape index (κ2) is 6.94. The minimum Gasteiger partial charge on any atom is -0.384 e. The van der Waals surface area contributed by atoms with Gasteiger partial charge < -0.3 is 5.32 Å². The Morgan fingerprint density at radius 3 is 2.45 bits per heavy atom. The molecule has 106 valence electrons. The Morgan fingerprint density at radius 1 is 1.10 bits per heavy atom. The Labute approximate surface area is 130 Å². The molecule has 2 rings (SSSR count). The van der Waals surface area contributed by atoms with Crippen LogP contribution in [0, 0.1) is 13.8 Å². The van der Waals surface area contributed by atoms with E-state index in [9.17, 15) is 0 Å². The van der Waals surface area contributed by atoms with Gasteiger partial charge in [0.1, 0.15) is 0 Å². The number of benzene rings is 2. The van der Waals surface area contributed by atoms with E-state index in [4.69, 9.17) is 0 Å². The van der Waals surface area contributed by atoms with Crippen molar-refractivity contribution in [1.29, 1.82) is 0 Å². The van der Waals surface area contributed by atoms with Crippen LogP contribution in [0.2, 0.25) is 0 Å². The summed E-state index contributed by atoms with van der Waals surface area (Å²) in [7, 11) is 0. The summed E-state index contributed by atoms with van der Waals surface area (Å²) < 4.78 is 1.15. The van der Waals surface area contributed by atoms with Gasteiger partial charge in [-0.3, -0.25) is 0 Å². The number of halogens is 1. The first kappa shape index (κ1) is 15.1. The Hall–Kier alpha value is -1.28. The molecule has 0 spiro atoms. The van der Waals surface area contributed by atoms with Gasteiger partial charge in [-0.2, -0.15) is 0 Å². The van der Waals surface area contributed by atoms with E-state index in [0.29, 0.717) is 5.92 Å². The van der Waals surface area contributed by atoms with Crippen LogP contribution in [0.15, 0.2) is 46.9 Å². The molecule has 0 aliphatic heterocycles. The first-order valence-corrected chi connectivity index (χ1v) is 7.93. The molecule has 0 saturated heterocycles. The molecule has 2 aromatic carbocycles. The maximum Gasteiger partial charge on any atom is 0.0514 e. The van der Waals surface area contributed by atoms with E-state index in [1.54, 1.807) is 0 Å². The van der Waals surface area contributed by atoms with Gasteiger partial charge in [0.05, 0.1) is 5.69 Å². The minimum absolute atomic E-state index is 0.577. The summed E-state index contributed by atoms with van der Waals surface area (Å²) >= 11 is 3.65. The Balaban J connectivity index is 1.94. The van der Waals surface area contributed by atoms with Gasteiger partial charge in [-0.15, -0.1) is 0 Å².